The molecule has 1 aromatic heterocycles. The molecule has 2 N–H and O–H groups in total. The van der Waals surface area contributed by atoms with Crippen molar-refractivity contribution in [2.75, 3.05) is 26.2 Å². The average molecular weight is 364 g/mol. The lowest BCUT2D eigenvalue weighted by Gasteiger charge is -2.17. The van der Waals surface area contributed by atoms with Crippen molar-refractivity contribution in [3.63, 3.8) is 0 Å². The van der Waals surface area contributed by atoms with Crippen molar-refractivity contribution in [2.45, 2.75) is 24.8 Å². The number of pyridine rings is 1. The van der Waals surface area contributed by atoms with Gasteiger partial charge in [0.15, 0.2) is 0 Å². The highest BCUT2D eigenvalue weighted by atomic mass is 16.2. The number of likely N-dealkylation sites (tertiary alicyclic amines) is 2. The number of aromatic nitrogens is 1. The van der Waals surface area contributed by atoms with Gasteiger partial charge in [0.2, 0.25) is 0 Å². The predicted octanol–water partition coefficient (Wildman–Crippen LogP) is 1.88. The Bertz CT molecular complexity index is 833. The maximum atomic E-state index is 12.9. The van der Waals surface area contributed by atoms with Crippen LogP contribution in [0.1, 0.15) is 45.3 Å². The van der Waals surface area contributed by atoms with Crippen LogP contribution >= 0.6 is 0 Å². The smallest absolute Gasteiger partial charge is 0.272 e. The monoisotopic (exact) mass is 364 g/mol. The van der Waals surface area contributed by atoms with Crippen molar-refractivity contribution in [3.8, 4) is 0 Å². The van der Waals surface area contributed by atoms with E-state index >= 15 is 0 Å². The molecule has 2 aromatic rings. The van der Waals surface area contributed by atoms with E-state index in [1.54, 1.807) is 28.0 Å². The Morgan fingerprint density at radius 1 is 0.852 bits per heavy atom. The predicted molar refractivity (Wildman–Crippen MR) is 102 cm³/mol. The number of nitrogens with two attached hydrogens (primary N) is 1. The summed E-state index contributed by atoms with van der Waals surface area (Å²) >= 11 is 0. The maximum absolute atomic E-state index is 12.9. The third-order valence-corrected chi connectivity index (χ3v) is 5.46. The second-order valence-corrected chi connectivity index (χ2v) is 7.30. The van der Waals surface area contributed by atoms with Crippen LogP contribution in [0.15, 0.2) is 48.5 Å². The fourth-order valence-corrected chi connectivity index (χ4v) is 3.96. The van der Waals surface area contributed by atoms with E-state index in [2.05, 4.69) is 4.98 Å². The van der Waals surface area contributed by atoms with E-state index in [0.717, 1.165) is 31.5 Å². The van der Waals surface area contributed by atoms with Crippen LogP contribution in [0.5, 0.6) is 0 Å². The Labute approximate surface area is 159 Å². The fraction of sp³-hybridized carbons (Fsp3) is 0.381. The first-order valence-electron chi connectivity index (χ1n) is 9.49. The Morgan fingerprint density at radius 3 is 2.15 bits per heavy atom. The molecule has 2 aliphatic rings. The van der Waals surface area contributed by atoms with E-state index < -0.39 is 0 Å². The van der Waals surface area contributed by atoms with Gasteiger partial charge in [-0.3, -0.25) is 9.59 Å². The number of benzene rings is 1. The van der Waals surface area contributed by atoms with Gasteiger partial charge in [-0.25, -0.2) is 4.98 Å². The van der Waals surface area contributed by atoms with Crippen molar-refractivity contribution >= 4 is 11.8 Å². The Kier molecular flexibility index (Phi) is 4.90. The van der Waals surface area contributed by atoms with E-state index in [1.807, 2.05) is 30.3 Å². The number of nitrogens with zero attached hydrogens (tertiary/aromatic N) is 3. The van der Waals surface area contributed by atoms with Gasteiger partial charge in [-0.15, -0.1) is 0 Å². The molecular formula is C21H24N4O2. The van der Waals surface area contributed by atoms with Crippen LogP contribution in [0.4, 0.5) is 0 Å². The van der Waals surface area contributed by atoms with Crippen LogP contribution < -0.4 is 5.73 Å². The Morgan fingerprint density at radius 2 is 1.48 bits per heavy atom. The van der Waals surface area contributed by atoms with Crippen LogP contribution in [-0.2, 0) is 0 Å². The van der Waals surface area contributed by atoms with E-state index in [1.165, 1.54) is 0 Å². The number of rotatable bonds is 3. The highest BCUT2D eigenvalue weighted by Crippen LogP contribution is 2.27. The summed E-state index contributed by atoms with van der Waals surface area (Å²) < 4.78 is 0. The molecule has 4 rings (SSSR count). The molecule has 0 radical (unpaired) electrons. The summed E-state index contributed by atoms with van der Waals surface area (Å²) in [6, 6.07) is 15.0. The minimum Gasteiger partial charge on any atom is -0.337 e. The van der Waals surface area contributed by atoms with Crippen LogP contribution in [0.3, 0.4) is 0 Å². The highest BCUT2D eigenvalue weighted by molar-refractivity contribution is 5.96. The van der Waals surface area contributed by atoms with E-state index in [4.69, 9.17) is 5.73 Å². The summed E-state index contributed by atoms with van der Waals surface area (Å²) in [5.74, 6) is -0.146. The first-order chi connectivity index (χ1) is 13.1. The third-order valence-electron chi connectivity index (χ3n) is 5.46. The second-order valence-electron chi connectivity index (χ2n) is 7.30. The first-order valence-corrected chi connectivity index (χ1v) is 9.49. The zero-order valence-corrected chi connectivity index (χ0v) is 15.3. The van der Waals surface area contributed by atoms with Gasteiger partial charge in [0.05, 0.1) is 0 Å². The van der Waals surface area contributed by atoms with E-state index in [0.29, 0.717) is 24.5 Å². The summed E-state index contributed by atoms with van der Waals surface area (Å²) in [4.78, 5) is 33.4. The first kappa shape index (κ1) is 17.7. The average Bonchev–Trinajstić information content (AvgIpc) is 3.37. The van der Waals surface area contributed by atoms with Crippen molar-refractivity contribution in [2.24, 2.45) is 5.73 Å². The maximum Gasteiger partial charge on any atom is 0.272 e. The zero-order valence-electron chi connectivity index (χ0n) is 15.3. The molecule has 0 aliphatic carbocycles. The SMILES string of the molecule is N[C@@H]1CN(C(=O)c2cccc(C(=O)N3CCCC3)n2)C[C@H]1c1ccccc1. The van der Waals surface area contributed by atoms with Crippen molar-refractivity contribution < 1.29 is 9.59 Å². The van der Waals surface area contributed by atoms with Crippen LogP contribution in [0, 0.1) is 0 Å². The van der Waals surface area contributed by atoms with Gasteiger partial charge in [0.1, 0.15) is 11.4 Å². The van der Waals surface area contributed by atoms with Crippen LogP contribution in [-0.4, -0.2) is 58.8 Å². The van der Waals surface area contributed by atoms with Crippen molar-refractivity contribution in [1.29, 1.82) is 0 Å². The lowest BCUT2D eigenvalue weighted by molar-refractivity contribution is 0.0778. The molecule has 0 unspecified atom stereocenters. The molecule has 0 bridgehead atoms. The zero-order chi connectivity index (χ0) is 18.8. The largest absolute Gasteiger partial charge is 0.337 e. The molecule has 0 spiro atoms. The van der Waals surface area contributed by atoms with E-state index in [-0.39, 0.29) is 23.8 Å². The molecule has 2 atom stereocenters. The standard InChI is InChI=1S/C21H24N4O2/c22-17-14-25(13-16(17)15-7-2-1-3-8-15)21(27)19-10-6-9-18(23-19)20(26)24-11-4-5-12-24/h1-3,6-10,16-17H,4-5,11-14,22H2/t16-,17+/m0/s1. The molecule has 2 aliphatic heterocycles. The molecule has 140 valence electrons. The summed E-state index contributed by atoms with van der Waals surface area (Å²) in [6.07, 6.45) is 2.05. The Balaban J connectivity index is 1.50. The number of carbonyl (C=O) groups excluding carboxylic acids is 2. The minimum absolute atomic E-state index is 0.0950. The molecule has 6 nitrogen and oxygen atoms in total. The molecule has 0 saturated carbocycles. The molecule has 1 aromatic carbocycles. The summed E-state index contributed by atoms with van der Waals surface area (Å²) in [7, 11) is 0. The molecular weight excluding hydrogens is 340 g/mol. The molecule has 6 heteroatoms. The molecule has 2 saturated heterocycles. The second kappa shape index (κ2) is 7.48. The van der Waals surface area contributed by atoms with Crippen LogP contribution in [0.25, 0.3) is 0 Å². The van der Waals surface area contributed by atoms with Crippen LogP contribution in [0.2, 0.25) is 0 Å². The lowest BCUT2D eigenvalue weighted by Crippen LogP contribution is -2.33. The van der Waals surface area contributed by atoms with Gasteiger partial charge in [0.25, 0.3) is 11.8 Å². The lowest BCUT2D eigenvalue weighted by atomic mass is 9.95. The number of carbonyl (C=O) groups is 2. The fourth-order valence-electron chi connectivity index (χ4n) is 3.96. The van der Waals surface area contributed by atoms with Crippen molar-refractivity contribution in [1.82, 2.24) is 14.8 Å². The van der Waals surface area contributed by atoms with Gasteiger partial charge >= 0.3 is 0 Å². The van der Waals surface area contributed by atoms with Gasteiger partial charge < -0.3 is 15.5 Å². The van der Waals surface area contributed by atoms with Gasteiger partial charge in [-0.1, -0.05) is 36.4 Å². The third kappa shape index (κ3) is 3.57. The molecule has 2 fully saturated rings. The molecule has 27 heavy (non-hydrogen) atoms. The van der Waals surface area contributed by atoms with Gasteiger partial charge in [0, 0.05) is 38.1 Å². The molecule has 3 heterocycles. The number of amides is 2. The van der Waals surface area contributed by atoms with Gasteiger partial charge in [-0.05, 0) is 30.5 Å². The normalized spacial score (nSPS) is 22.3. The summed E-state index contributed by atoms with van der Waals surface area (Å²) in [6.45, 7) is 2.58. The minimum atomic E-state index is -0.167. The Hall–Kier alpha value is -2.73. The number of hydrogen-bond acceptors (Lipinski definition) is 4. The topological polar surface area (TPSA) is 79.5 Å². The highest BCUT2D eigenvalue weighted by Gasteiger charge is 2.34. The van der Waals surface area contributed by atoms with Gasteiger partial charge in [-0.2, -0.15) is 0 Å². The van der Waals surface area contributed by atoms with Crippen molar-refractivity contribution in [3.05, 3.63) is 65.5 Å². The number of hydrogen-bond donors (Lipinski definition) is 1. The quantitative estimate of drug-likeness (QED) is 0.902. The summed E-state index contributed by atoms with van der Waals surface area (Å²) in [5, 5.41) is 0. The van der Waals surface area contributed by atoms with E-state index in [9.17, 15) is 9.59 Å². The molecule has 2 amide bonds. The summed E-state index contributed by atoms with van der Waals surface area (Å²) in [5.41, 5.74) is 8.09.